The standard InChI is InChI=1S/C21H28ClNO8/c1-4-6-20(26)30-12-15(31-21(27)7-5-2)11-29-13-19(25)23-17-9-18(28-3)14(10-24)8-16(17)22/h8-10,15H,4-7,11-13H2,1-3H3,(H,23,25). The van der Waals surface area contributed by atoms with Crippen LogP contribution in [0.4, 0.5) is 5.69 Å². The number of hydrogen-bond acceptors (Lipinski definition) is 8. The molecule has 0 bridgehead atoms. The number of methoxy groups -OCH3 is 1. The molecule has 0 fully saturated rings. The van der Waals surface area contributed by atoms with Crippen LogP contribution < -0.4 is 10.1 Å². The fourth-order valence-electron chi connectivity index (χ4n) is 2.43. The number of anilines is 1. The van der Waals surface area contributed by atoms with Crippen molar-refractivity contribution in [3.05, 3.63) is 22.7 Å². The van der Waals surface area contributed by atoms with Crippen molar-refractivity contribution in [3.8, 4) is 5.75 Å². The highest BCUT2D eigenvalue weighted by Gasteiger charge is 2.18. The molecule has 10 heteroatoms. The number of nitrogens with one attached hydrogen (secondary N) is 1. The van der Waals surface area contributed by atoms with Gasteiger partial charge in [0.25, 0.3) is 0 Å². The summed E-state index contributed by atoms with van der Waals surface area (Å²) < 4.78 is 20.7. The van der Waals surface area contributed by atoms with Crippen molar-refractivity contribution in [1.82, 2.24) is 0 Å². The Balaban J connectivity index is 2.62. The third-order valence-electron chi connectivity index (χ3n) is 3.89. The maximum atomic E-state index is 12.2. The molecule has 9 nitrogen and oxygen atoms in total. The number of carbonyl (C=O) groups excluding carboxylic acids is 4. The molecule has 1 unspecified atom stereocenters. The van der Waals surface area contributed by atoms with Gasteiger partial charge in [0.15, 0.2) is 12.4 Å². The number of rotatable bonds is 14. The largest absolute Gasteiger partial charge is 0.496 e. The molecule has 0 radical (unpaired) electrons. The lowest BCUT2D eigenvalue weighted by atomic mass is 10.2. The van der Waals surface area contributed by atoms with Gasteiger partial charge < -0.3 is 24.3 Å². The molecule has 1 amide bonds. The molecular formula is C21H28ClNO8. The number of aldehydes is 1. The number of benzene rings is 1. The van der Waals surface area contributed by atoms with Crippen LogP contribution in [-0.4, -0.2) is 57.2 Å². The van der Waals surface area contributed by atoms with E-state index in [0.717, 1.165) is 0 Å². The summed E-state index contributed by atoms with van der Waals surface area (Å²) in [5.41, 5.74) is 0.494. The minimum Gasteiger partial charge on any atom is -0.496 e. The number of carbonyl (C=O) groups is 4. The van der Waals surface area contributed by atoms with Gasteiger partial charge in [-0.2, -0.15) is 0 Å². The van der Waals surface area contributed by atoms with Crippen LogP contribution in [0.5, 0.6) is 5.75 Å². The smallest absolute Gasteiger partial charge is 0.306 e. The average molecular weight is 458 g/mol. The van der Waals surface area contributed by atoms with E-state index in [4.69, 9.17) is 30.5 Å². The molecule has 0 aliphatic heterocycles. The summed E-state index contributed by atoms with van der Waals surface area (Å²) in [4.78, 5) is 46.5. The van der Waals surface area contributed by atoms with Gasteiger partial charge in [0, 0.05) is 18.9 Å². The summed E-state index contributed by atoms with van der Waals surface area (Å²) in [6.45, 7) is 3.02. The van der Waals surface area contributed by atoms with Gasteiger partial charge in [-0.05, 0) is 18.9 Å². The Kier molecular flexibility index (Phi) is 12.2. The van der Waals surface area contributed by atoms with E-state index in [1.54, 1.807) is 0 Å². The highest BCUT2D eigenvalue weighted by Crippen LogP contribution is 2.30. The Hall–Kier alpha value is -2.65. The molecule has 0 saturated heterocycles. The summed E-state index contributed by atoms with van der Waals surface area (Å²) in [5, 5.41) is 2.71. The Morgan fingerprint density at radius 1 is 1.10 bits per heavy atom. The lowest BCUT2D eigenvalue weighted by Crippen LogP contribution is -2.31. The third kappa shape index (κ3) is 9.80. The topological polar surface area (TPSA) is 117 Å². The quantitative estimate of drug-likeness (QED) is 0.334. The van der Waals surface area contributed by atoms with Gasteiger partial charge in [-0.25, -0.2) is 0 Å². The highest BCUT2D eigenvalue weighted by atomic mass is 35.5. The molecular weight excluding hydrogens is 430 g/mol. The molecule has 0 aromatic heterocycles. The molecule has 0 aliphatic rings. The lowest BCUT2D eigenvalue weighted by Gasteiger charge is -2.18. The fourth-order valence-corrected chi connectivity index (χ4v) is 2.65. The van der Waals surface area contributed by atoms with Gasteiger partial charge in [-0.3, -0.25) is 19.2 Å². The van der Waals surface area contributed by atoms with Crippen LogP contribution in [-0.2, 0) is 28.6 Å². The monoisotopic (exact) mass is 457 g/mol. The van der Waals surface area contributed by atoms with Gasteiger partial charge in [0.2, 0.25) is 5.91 Å². The van der Waals surface area contributed by atoms with Crippen LogP contribution in [0.2, 0.25) is 5.02 Å². The van der Waals surface area contributed by atoms with Gasteiger partial charge in [-0.1, -0.05) is 25.4 Å². The van der Waals surface area contributed by atoms with E-state index < -0.39 is 23.9 Å². The normalized spacial score (nSPS) is 11.4. The molecule has 1 atom stereocenters. The Morgan fingerprint density at radius 3 is 2.39 bits per heavy atom. The molecule has 1 aromatic carbocycles. The summed E-state index contributed by atoms with van der Waals surface area (Å²) in [6, 6.07) is 2.80. The van der Waals surface area contributed by atoms with E-state index in [1.807, 2.05) is 13.8 Å². The van der Waals surface area contributed by atoms with Crippen molar-refractivity contribution in [2.45, 2.75) is 45.6 Å². The average Bonchev–Trinajstić information content (AvgIpc) is 2.73. The van der Waals surface area contributed by atoms with Crippen molar-refractivity contribution < 1.29 is 38.1 Å². The van der Waals surface area contributed by atoms with Gasteiger partial charge in [0.05, 0.1) is 30.0 Å². The predicted octanol–water partition coefficient (Wildman–Crippen LogP) is 3.17. The van der Waals surface area contributed by atoms with Crippen LogP contribution in [0, 0.1) is 0 Å². The maximum Gasteiger partial charge on any atom is 0.306 e. The van der Waals surface area contributed by atoms with Crippen LogP contribution >= 0.6 is 11.6 Å². The third-order valence-corrected chi connectivity index (χ3v) is 4.21. The summed E-state index contributed by atoms with van der Waals surface area (Å²) in [5.74, 6) is -1.11. The molecule has 0 spiro atoms. The van der Waals surface area contributed by atoms with Crippen LogP contribution in [0.15, 0.2) is 12.1 Å². The zero-order valence-electron chi connectivity index (χ0n) is 17.9. The number of halogens is 1. The zero-order valence-corrected chi connectivity index (χ0v) is 18.7. The molecule has 0 heterocycles. The maximum absolute atomic E-state index is 12.2. The number of hydrogen-bond donors (Lipinski definition) is 1. The minimum atomic E-state index is -0.830. The van der Waals surface area contributed by atoms with Crippen LogP contribution in [0.25, 0.3) is 0 Å². The molecule has 0 aliphatic carbocycles. The van der Waals surface area contributed by atoms with Crippen LogP contribution in [0.3, 0.4) is 0 Å². The molecule has 0 saturated carbocycles. The van der Waals surface area contributed by atoms with Gasteiger partial charge in [-0.15, -0.1) is 0 Å². The van der Waals surface area contributed by atoms with E-state index in [0.29, 0.717) is 19.1 Å². The van der Waals surface area contributed by atoms with E-state index in [-0.39, 0.29) is 54.7 Å². The summed E-state index contributed by atoms with van der Waals surface area (Å²) in [7, 11) is 1.39. The van der Waals surface area contributed by atoms with Crippen molar-refractivity contribution in [3.63, 3.8) is 0 Å². The molecule has 1 N–H and O–H groups in total. The second-order valence-electron chi connectivity index (χ2n) is 6.55. The van der Waals surface area contributed by atoms with Crippen molar-refractivity contribution in [1.29, 1.82) is 0 Å². The SMILES string of the molecule is CCCC(=O)OCC(COCC(=O)Nc1cc(OC)c(C=O)cc1Cl)OC(=O)CCC. The molecule has 172 valence electrons. The van der Waals surface area contributed by atoms with Crippen molar-refractivity contribution in [2.24, 2.45) is 0 Å². The fraction of sp³-hybridized carbons (Fsp3) is 0.524. The van der Waals surface area contributed by atoms with Gasteiger partial charge in [0.1, 0.15) is 19.0 Å². The number of esters is 2. The molecule has 1 rings (SSSR count). The first-order valence-electron chi connectivity index (χ1n) is 9.89. The summed E-state index contributed by atoms with van der Waals surface area (Å²) >= 11 is 6.07. The molecule has 1 aromatic rings. The van der Waals surface area contributed by atoms with E-state index in [2.05, 4.69) is 5.32 Å². The molecule has 31 heavy (non-hydrogen) atoms. The van der Waals surface area contributed by atoms with E-state index in [1.165, 1.54) is 19.2 Å². The van der Waals surface area contributed by atoms with E-state index >= 15 is 0 Å². The second kappa shape index (κ2) is 14.4. The van der Waals surface area contributed by atoms with Crippen molar-refractivity contribution >= 4 is 41.4 Å². The summed E-state index contributed by atoms with van der Waals surface area (Å²) in [6.07, 6.45) is 1.48. The number of amides is 1. The predicted molar refractivity (Wildman–Crippen MR) is 113 cm³/mol. The number of ether oxygens (including phenoxy) is 4. The highest BCUT2D eigenvalue weighted by molar-refractivity contribution is 6.34. The lowest BCUT2D eigenvalue weighted by molar-refractivity contribution is -0.163. The van der Waals surface area contributed by atoms with E-state index in [9.17, 15) is 19.2 Å². The minimum absolute atomic E-state index is 0.136. The Morgan fingerprint density at radius 2 is 1.77 bits per heavy atom. The Bertz CT molecular complexity index is 768. The first-order chi connectivity index (χ1) is 14.8. The van der Waals surface area contributed by atoms with Gasteiger partial charge >= 0.3 is 11.9 Å². The van der Waals surface area contributed by atoms with Crippen LogP contribution in [0.1, 0.15) is 49.9 Å². The zero-order chi connectivity index (χ0) is 23.2. The first kappa shape index (κ1) is 26.4. The first-order valence-corrected chi connectivity index (χ1v) is 10.3. The second-order valence-corrected chi connectivity index (χ2v) is 6.96. The van der Waals surface area contributed by atoms with Crippen molar-refractivity contribution in [2.75, 3.05) is 32.2 Å². The Labute approximate surface area is 186 Å².